The zero-order chi connectivity index (χ0) is 18.6. The van der Waals surface area contributed by atoms with E-state index in [1.54, 1.807) is 0 Å². The van der Waals surface area contributed by atoms with Crippen LogP contribution in [0.4, 0.5) is 0 Å². The van der Waals surface area contributed by atoms with E-state index in [1.165, 1.54) is 11.3 Å². The second-order valence-electron chi connectivity index (χ2n) is 6.98. The molecule has 4 rings (SSSR count). The highest BCUT2D eigenvalue weighted by Crippen LogP contribution is 2.29. The van der Waals surface area contributed by atoms with Crippen LogP contribution < -0.4 is 0 Å². The Labute approximate surface area is 170 Å². The van der Waals surface area contributed by atoms with Crippen LogP contribution in [-0.4, -0.2) is 40.5 Å². The second kappa shape index (κ2) is 8.49. The fraction of sp³-hybridized carbons (Fsp3) is 0.273. The molecule has 0 bridgehead atoms. The van der Waals surface area contributed by atoms with Crippen LogP contribution in [-0.2, 0) is 13.1 Å². The highest BCUT2D eigenvalue weighted by atomic mass is 35.5. The number of rotatable bonds is 5. The molecular weight excluding hydrogens is 377 g/mol. The summed E-state index contributed by atoms with van der Waals surface area (Å²) in [5.74, 6) is 0. The Balaban J connectivity index is 1.39. The molecule has 2 aromatic carbocycles. The molecule has 3 nitrogen and oxygen atoms in total. The third kappa shape index (κ3) is 4.39. The average molecular weight is 400 g/mol. The smallest absolute Gasteiger partial charge is 0.0832 e. The topological polar surface area (TPSA) is 11.4 Å². The molecule has 1 aliphatic heterocycles. The van der Waals surface area contributed by atoms with Crippen molar-refractivity contribution in [3.63, 3.8) is 0 Å². The lowest BCUT2D eigenvalue weighted by Gasteiger charge is -2.34. The molecule has 1 fully saturated rings. The minimum absolute atomic E-state index is 0.586. The molecule has 1 saturated heterocycles. The van der Waals surface area contributed by atoms with Crippen LogP contribution in [0.15, 0.2) is 66.9 Å². The van der Waals surface area contributed by atoms with Gasteiger partial charge in [-0.05, 0) is 29.8 Å². The molecule has 1 aromatic heterocycles. The number of hydrogen-bond donors (Lipinski definition) is 0. The molecule has 140 valence electrons. The Morgan fingerprint density at radius 2 is 1.41 bits per heavy atom. The molecule has 0 unspecified atom stereocenters. The molecule has 1 aliphatic rings. The fourth-order valence-corrected chi connectivity index (χ4v) is 4.02. The van der Waals surface area contributed by atoms with Crippen LogP contribution in [0.1, 0.15) is 11.3 Å². The molecule has 0 saturated carbocycles. The Hall–Kier alpha value is -1.78. The summed E-state index contributed by atoms with van der Waals surface area (Å²) in [6.07, 6.45) is 2.05. The third-order valence-electron chi connectivity index (χ3n) is 5.12. The van der Waals surface area contributed by atoms with Gasteiger partial charge in [-0.3, -0.25) is 9.80 Å². The van der Waals surface area contributed by atoms with Crippen molar-refractivity contribution in [2.45, 2.75) is 13.1 Å². The lowest BCUT2D eigenvalue weighted by Crippen LogP contribution is -2.45. The number of benzene rings is 2. The van der Waals surface area contributed by atoms with Gasteiger partial charge >= 0.3 is 0 Å². The number of hydrogen-bond acceptors (Lipinski definition) is 2. The Kier molecular flexibility index (Phi) is 5.84. The first-order valence-electron chi connectivity index (χ1n) is 9.30. The normalized spacial score (nSPS) is 15.9. The summed E-state index contributed by atoms with van der Waals surface area (Å²) in [6, 6.07) is 20.7. The van der Waals surface area contributed by atoms with Gasteiger partial charge < -0.3 is 4.57 Å². The summed E-state index contributed by atoms with van der Waals surface area (Å²) in [4.78, 5) is 5.03. The van der Waals surface area contributed by atoms with Crippen LogP contribution in [0.3, 0.4) is 0 Å². The van der Waals surface area contributed by atoms with Crippen molar-refractivity contribution in [1.82, 2.24) is 14.4 Å². The van der Waals surface area contributed by atoms with Gasteiger partial charge in [0.05, 0.1) is 15.7 Å². The lowest BCUT2D eigenvalue weighted by atomic mass is 10.2. The summed E-state index contributed by atoms with van der Waals surface area (Å²) in [7, 11) is 0. The summed E-state index contributed by atoms with van der Waals surface area (Å²) < 4.78 is 2.14. The SMILES string of the molecule is Clc1cccc(-n2cccc2CN2CCN(Cc3ccccc3)CC2)c1Cl. The summed E-state index contributed by atoms with van der Waals surface area (Å²) in [6.45, 7) is 6.27. The van der Waals surface area contributed by atoms with Gasteiger partial charge in [0, 0.05) is 51.2 Å². The predicted octanol–water partition coefficient (Wildman–Crippen LogP) is 5.10. The quantitative estimate of drug-likeness (QED) is 0.590. The van der Waals surface area contributed by atoms with Crippen molar-refractivity contribution < 1.29 is 0 Å². The molecule has 0 atom stereocenters. The van der Waals surface area contributed by atoms with Gasteiger partial charge in [-0.15, -0.1) is 0 Å². The number of piperazine rings is 1. The molecule has 2 heterocycles. The first kappa shape index (κ1) is 18.6. The van der Waals surface area contributed by atoms with Crippen molar-refractivity contribution in [1.29, 1.82) is 0 Å². The van der Waals surface area contributed by atoms with Gasteiger partial charge in [0.15, 0.2) is 0 Å². The molecule has 3 aromatic rings. The van der Waals surface area contributed by atoms with E-state index in [9.17, 15) is 0 Å². The van der Waals surface area contributed by atoms with E-state index in [4.69, 9.17) is 23.2 Å². The maximum absolute atomic E-state index is 6.42. The summed E-state index contributed by atoms with van der Waals surface area (Å²) in [5, 5.41) is 1.19. The van der Waals surface area contributed by atoms with Crippen LogP contribution in [0.2, 0.25) is 10.0 Å². The number of nitrogens with zero attached hydrogens (tertiary/aromatic N) is 3. The van der Waals surface area contributed by atoms with Crippen molar-refractivity contribution in [3.8, 4) is 5.69 Å². The highest BCUT2D eigenvalue weighted by molar-refractivity contribution is 6.43. The molecule has 0 spiro atoms. The molecular formula is C22H23Cl2N3. The van der Waals surface area contributed by atoms with Gasteiger partial charge in [0.1, 0.15) is 0 Å². The monoisotopic (exact) mass is 399 g/mol. The van der Waals surface area contributed by atoms with Crippen molar-refractivity contribution in [3.05, 3.63) is 88.2 Å². The number of aromatic nitrogens is 1. The van der Waals surface area contributed by atoms with Crippen LogP contribution in [0, 0.1) is 0 Å². The number of halogens is 2. The summed E-state index contributed by atoms with van der Waals surface area (Å²) in [5.41, 5.74) is 3.55. The van der Waals surface area contributed by atoms with Gasteiger partial charge in [0.2, 0.25) is 0 Å². The van der Waals surface area contributed by atoms with E-state index in [1.807, 2.05) is 18.2 Å². The van der Waals surface area contributed by atoms with Crippen LogP contribution in [0.5, 0.6) is 0 Å². The fourth-order valence-electron chi connectivity index (χ4n) is 3.63. The molecule has 27 heavy (non-hydrogen) atoms. The minimum atomic E-state index is 0.586. The molecule has 5 heteroatoms. The standard InChI is InChI=1S/C22H23Cl2N3/c23-20-9-4-10-21(22(20)24)27-11-5-8-19(27)17-26-14-12-25(13-15-26)16-18-6-2-1-3-7-18/h1-11H,12-17H2. The minimum Gasteiger partial charge on any atom is -0.318 e. The molecule has 0 N–H and O–H groups in total. The van der Waals surface area contributed by atoms with E-state index in [0.29, 0.717) is 10.0 Å². The first-order valence-corrected chi connectivity index (χ1v) is 10.1. The molecule has 0 aliphatic carbocycles. The van der Waals surface area contributed by atoms with E-state index in [-0.39, 0.29) is 0 Å². The van der Waals surface area contributed by atoms with E-state index in [2.05, 4.69) is 63.0 Å². The van der Waals surface area contributed by atoms with Gasteiger partial charge in [-0.1, -0.05) is 59.6 Å². The lowest BCUT2D eigenvalue weighted by molar-refractivity contribution is 0.120. The Morgan fingerprint density at radius 3 is 2.15 bits per heavy atom. The Morgan fingerprint density at radius 1 is 0.704 bits per heavy atom. The van der Waals surface area contributed by atoms with E-state index < -0.39 is 0 Å². The Bertz CT molecular complexity index is 884. The highest BCUT2D eigenvalue weighted by Gasteiger charge is 2.19. The zero-order valence-electron chi connectivity index (χ0n) is 15.2. The maximum Gasteiger partial charge on any atom is 0.0832 e. The maximum atomic E-state index is 6.42. The van der Waals surface area contributed by atoms with Crippen LogP contribution >= 0.6 is 23.2 Å². The van der Waals surface area contributed by atoms with E-state index >= 15 is 0 Å². The zero-order valence-corrected chi connectivity index (χ0v) is 16.7. The molecule has 0 amide bonds. The molecule has 0 radical (unpaired) electrons. The third-order valence-corrected chi connectivity index (χ3v) is 5.93. The van der Waals surface area contributed by atoms with E-state index in [0.717, 1.165) is 45.0 Å². The van der Waals surface area contributed by atoms with Gasteiger partial charge in [0.25, 0.3) is 0 Å². The first-order chi connectivity index (χ1) is 13.2. The van der Waals surface area contributed by atoms with Gasteiger partial charge in [-0.25, -0.2) is 0 Å². The van der Waals surface area contributed by atoms with Gasteiger partial charge in [-0.2, -0.15) is 0 Å². The van der Waals surface area contributed by atoms with Crippen molar-refractivity contribution >= 4 is 23.2 Å². The van der Waals surface area contributed by atoms with Crippen molar-refractivity contribution in [2.75, 3.05) is 26.2 Å². The van der Waals surface area contributed by atoms with Crippen molar-refractivity contribution in [2.24, 2.45) is 0 Å². The predicted molar refractivity (Wildman–Crippen MR) is 113 cm³/mol. The second-order valence-corrected chi connectivity index (χ2v) is 7.77. The largest absolute Gasteiger partial charge is 0.318 e. The summed E-state index contributed by atoms with van der Waals surface area (Å²) >= 11 is 12.6. The van der Waals surface area contributed by atoms with Crippen LogP contribution in [0.25, 0.3) is 5.69 Å². The average Bonchev–Trinajstić information content (AvgIpc) is 3.14.